The Morgan fingerprint density at radius 2 is 1.65 bits per heavy atom. The van der Waals surface area contributed by atoms with E-state index >= 15 is 0 Å². The molecule has 0 aliphatic heterocycles. The second-order valence-electron chi connectivity index (χ2n) is 5.12. The van der Waals surface area contributed by atoms with Gasteiger partial charge in [0.05, 0.1) is 13.2 Å². The van der Waals surface area contributed by atoms with E-state index in [4.69, 9.17) is 9.47 Å². The molecule has 0 amide bonds. The standard InChI is InChI=1S/C16H26O4/c1-3-19-15(17)11-10-14(16(18)20-4-2)12-13-8-6-5-7-9-13/h12-13H,3-11H2,1-2H3/b14-12+. The third-order valence-corrected chi connectivity index (χ3v) is 3.53. The van der Waals surface area contributed by atoms with Gasteiger partial charge in [0, 0.05) is 12.0 Å². The molecule has 0 atom stereocenters. The number of hydrogen-bond acceptors (Lipinski definition) is 4. The molecule has 20 heavy (non-hydrogen) atoms. The van der Waals surface area contributed by atoms with Crippen molar-refractivity contribution < 1.29 is 19.1 Å². The van der Waals surface area contributed by atoms with Crippen molar-refractivity contribution in [1.82, 2.24) is 0 Å². The minimum Gasteiger partial charge on any atom is -0.466 e. The van der Waals surface area contributed by atoms with Crippen LogP contribution >= 0.6 is 0 Å². The van der Waals surface area contributed by atoms with Gasteiger partial charge in [-0.2, -0.15) is 0 Å². The fourth-order valence-corrected chi connectivity index (χ4v) is 2.53. The lowest BCUT2D eigenvalue weighted by atomic mass is 9.87. The zero-order valence-corrected chi connectivity index (χ0v) is 12.7. The fourth-order valence-electron chi connectivity index (χ4n) is 2.53. The highest BCUT2D eigenvalue weighted by Gasteiger charge is 2.17. The normalized spacial score (nSPS) is 16.8. The quantitative estimate of drug-likeness (QED) is 0.530. The lowest BCUT2D eigenvalue weighted by molar-refractivity contribution is -0.143. The van der Waals surface area contributed by atoms with E-state index < -0.39 is 0 Å². The minimum atomic E-state index is -0.289. The van der Waals surface area contributed by atoms with Gasteiger partial charge in [-0.25, -0.2) is 4.79 Å². The van der Waals surface area contributed by atoms with E-state index in [9.17, 15) is 9.59 Å². The van der Waals surface area contributed by atoms with Gasteiger partial charge >= 0.3 is 11.9 Å². The zero-order valence-electron chi connectivity index (χ0n) is 12.7. The first-order valence-corrected chi connectivity index (χ1v) is 7.70. The van der Waals surface area contributed by atoms with E-state index in [1.807, 2.05) is 6.08 Å². The van der Waals surface area contributed by atoms with Crippen molar-refractivity contribution in [2.45, 2.75) is 58.8 Å². The molecule has 1 fully saturated rings. The number of carbonyl (C=O) groups excluding carboxylic acids is 2. The molecular formula is C16H26O4. The third kappa shape index (κ3) is 6.22. The Morgan fingerprint density at radius 3 is 2.25 bits per heavy atom. The average molecular weight is 282 g/mol. The summed E-state index contributed by atoms with van der Waals surface area (Å²) < 4.78 is 9.98. The van der Waals surface area contributed by atoms with Crippen molar-refractivity contribution in [2.24, 2.45) is 5.92 Å². The minimum absolute atomic E-state index is 0.241. The lowest BCUT2D eigenvalue weighted by Crippen LogP contribution is -2.13. The van der Waals surface area contributed by atoms with Crippen LogP contribution in [-0.4, -0.2) is 25.2 Å². The van der Waals surface area contributed by atoms with Gasteiger partial charge in [-0.3, -0.25) is 4.79 Å². The molecular weight excluding hydrogens is 256 g/mol. The first-order valence-electron chi connectivity index (χ1n) is 7.70. The second kappa shape index (κ2) is 9.56. The maximum Gasteiger partial charge on any atom is 0.333 e. The van der Waals surface area contributed by atoms with Crippen LogP contribution in [0.5, 0.6) is 0 Å². The van der Waals surface area contributed by atoms with Crippen LogP contribution in [0.15, 0.2) is 11.6 Å². The van der Waals surface area contributed by atoms with E-state index in [0.29, 0.717) is 31.1 Å². The molecule has 4 nitrogen and oxygen atoms in total. The topological polar surface area (TPSA) is 52.6 Å². The Labute approximate surface area is 121 Å². The molecule has 0 spiro atoms. The van der Waals surface area contributed by atoms with E-state index in [1.165, 1.54) is 19.3 Å². The average Bonchev–Trinajstić information content (AvgIpc) is 2.45. The summed E-state index contributed by atoms with van der Waals surface area (Å²) in [5, 5.41) is 0. The zero-order chi connectivity index (χ0) is 14.8. The van der Waals surface area contributed by atoms with Gasteiger partial charge < -0.3 is 9.47 Å². The Bertz CT molecular complexity index is 340. The highest BCUT2D eigenvalue weighted by Crippen LogP contribution is 2.26. The monoisotopic (exact) mass is 282 g/mol. The van der Waals surface area contributed by atoms with Crippen LogP contribution < -0.4 is 0 Å². The molecule has 0 N–H and O–H groups in total. The molecule has 114 valence electrons. The van der Waals surface area contributed by atoms with Crippen LogP contribution in [0.2, 0.25) is 0 Å². The molecule has 4 heteroatoms. The molecule has 0 radical (unpaired) electrons. The van der Waals surface area contributed by atoms with Crippen LogP contribution in [0.25, 0.3) is 0 Å². The molecule has 0 aromatic carbocycles. The van der Waals surface area contributed by atoms with Crippen molar-refractivity contribution in [2.75, 3.05) is 13.2 Å². The van der Waals surface area contributed by atoms with Crippen molar-refractivity contribution in [1.29, 1.82) is 0 Å². The van der Waals surface area contributed by atoms with E-state index in [0.717, 1.165) is 12.8 Å². The summed E-state index contributed by atoms with van der Waals surface area (Å²) in [6, 6.07) is 0. The molecule has 1 rings (SSSR count). The molecule has 1 aliphatic rings. The van der Waals surface area contributed by atoms with Crippen molar-refractivity contribution in [3.05, 3.63) is 11.6 Å². The van der Waals surface area contributed by atoms with Gasteiger partial charge in [0.25, 0.3) is 0 Å². The van der Waals surface area contributed by atoms with Crippen LogP contribution in [0.1, 0.15) is 58.8 Å². The van der Waals surface area contributed by atoms with Crippen molar-refractivity contribution in [3.8, 4) is 0 Å². The van der Waals surface area contributed by atoms with E-state index in [-0.39, 0.29) is 18.4 Å². The van der Waals surface area contributed by atoms with Gasteiger partial charge in [0.1, 0.15) is 0 Å². The van der Waals surface area contributed by atoms with Gasteiger partial charge in [-0.15, -0.1) is 0 Å². The summed E-state index contributed by atoms with van der Waals surface area (Å²) in [6.45, 7) is 4.31. The Hall–Kier alpha value is -1.32. The number of esters is 2. The highest BCUT2D eigenvalue weighted by molar-refractivity contribution is 5.89. The van der Waals surface area contributed by atoms with Crippen LogP contribution in [0, 0.1) is 5.92 Å². The summed E-state index contributed by atoms with van der Waals surface area (Å²) in [5.74, 6) is -0.0981. The molecule has 0 saturated heterocycles. The third-order valence-electron chi connectivity index (χ3n) is 3.53. The largest absolute Gasteiger partial charge is 0.466 e. The fraction of sp³-hybridized carbons (Fsp3) is 0.750. The van der Waals surface area contributed by atoms with E-state index in [1.54, 1.807) is 13.8 Å². The lowest BCUT2D eigenvalue weighted by Gasteiger charge is -2.19. The van der Waals surface area contributed by atoms with E-state index in [2.05, 4.69) is 0 Å². The van der Waals surface area contributed by atoms with Crippen LogP contribution in [0.3, 0.4) is 0 Å². The number of ether oxygens (including phenoxy) is 2. The van der Waals surface area contributed by atoms with Gasteiger partial charge in [0.15, 0.2) is 0 Å². The van der Waals surface area contributed by atoms with Crippen LogP contribution in [-0.2, 0) is 19.1 Å². The van der Waals surface area contributed by atoms with Crippen LogP contribution in [0.4, 0.5) is 0 Å². The van der Waals surface area contributed by atoms with Gasteiger partial charge in [0.2, 0.25) is 0 Å². The SMILES string of the molecule is CCOC(=O)CC/C(=C\C1CCCCC1)C(=O)OCC. The predicted octanol–water partition coefficient (Wildman–Crippen LogP) is 3.40. The molecule has 1 aliphatic carbocycles. The highest BCUT2D eigenvalue weighted by atomic mass is 16.5. The Morgan fingerprint density at radius 1 is 1.00 bits per heavy atom. The number of rotatable bonds is 7. The van der Waals surface area contributed by atoms with Crippen molar-refractivity contribution in [3.63, 3.8) is 0 Å². The smallest absolute Gasteiger partial charge is 0.333 e. The molecule has 0 aromatic heterocycles. The number of carbonyl (C=O) groups is 2. The summed E-state index contributed by atoms with van der Waals surface area (Å²) >= 11 is 0. The summed E-state index contributed by atoms with van der Waals surface area (Å²) in [6.07, 6.45) is 8.65. The maximum atomic E-state index is 11.9. The number of allylic oxidation sites excluding steroid dienone is 1. The predicted molar refractivity (Wildman–Crippen MR) is 77.2 cm³/mol. The molecule has 0 unspecified atom stereocenters. The molecule has 0 bridgehead atoms. The maximum absolute atomic E-state index is 11.9. The first kappa shape index (κ1) is 16.7. The summed E-state index contributed by atoms with van der Waals surface area (Å²) in [5.41, 5.74) is 0.631. The molecule has 0 heterocycles. The summed E-state index contributed by atoms with van der Waals surface area (Å²) in [7, 11) is 0. The second-order valence-corrected chi connectivity index (χ2v) is 5.12. The Kier molecular flexibility index (Phi) is 8.00. The summed E-state index contributed by atoms with van der Waals surface area (Å²) in [4.78, 5) is 23.4. The van der Waals surface area contributed by atoms with Gasteiger partial charge in [-0.05, 0) is 39.0 Å². The number of hydrogen-bond donors (Lipinski definition) is 0. The Balaban J connectivity index is 2.61. The van der Waals surface area contributed by atoms with Crippen molar-refractivity contribution >= 4 is 11.9 Å². The molecule has 0 aromatic rings. The first-order chi connectivity index (χ1) is 9.67. The van der Waals surface area contributed by atoms with Gasteiger partial charge in [-0.1, -0.05) is 25.3 Å². The molecule has 1 saturated carbocycles.